The zero-order chi connectivity index (χ0) is 27.5. The van der Waals surface area contributed by atoms with Crippen molar-refractivity contribution in [3.05, 3.63) is 89.5 Å². The van der Waals surface area contributed by atoms with Crippen molar-refractivity contribution in [3.63, 3.8) is 0 Å². The molecule has 9 heteroatoms. The second-order valence-electron chi connectivity index (χ2n) is 9.61. The average Bonchev–Trinajstić information content (AvgIpc) is 2.99. The Labute approximate surface area is 236 Å². The Morgan fingerprint density at radius 1 is 1.05 bits per heavy atom. The van der Waals surface area contributed by atoms with Crippen molar-refractivity contribution in [1.82, 2.24) is 4.98 Å². The van der Waals surface area contributed by atoms with E-state index >= 15 is 0 Å². The highest BCUT2D eigenvalue weighted by Crippen LogP contribution is 2.45. The lowest BCUT2D eigenvalue weighted by molar-refractivity contribution is 0.122. The van der Waals surface area contributed by atoms with Gasteiger partial charge in [0.15, 0.2) is 0 Å². The van der Waals surface area contributed by atoms with E-state index in [0.29, 0.717) is 37.8 Å². The number of anilines is 2. The van der Waals surface area contributed by atoms with Crippen LogP contribution in [0.4, 0.5) is 16.2 Å². The number of amides is 1. The normalized spacial score (nSPS) is 14.2. The van der Waals surface area contributed by atoms with Crippen LogP contribution in [0.1, 0.15) is 16.7 Å². The number of rotatable bonds is 7. The molecule has 0 atom stereocenters. The number of pyridine rings is 1. The molecule has 1 amide bonds. The van der Waals surface area contributed by atoms with Gasteiger partial charge in [0.25, 0.3) is 0 Å². The first-order valence-corrected chi connectivity index (χ1v) is 13.9. The second-order valence-corrected chi connectivity index (χ2v) is 10.7. The third-order valence-corrected chi connectivity index (χ3v) is 8.29. The standard InChI is InChI=1S/C31H29N3O5S/c1-37-25-8-5-20(6-9-25)19-39-29-18-24(34-11-13-38-14-12-34)17-27(33-29)26-4-2-3-21-15-22-16-23(32-31(35)36)7-10-28(22)40-30(21)26/h2-10,16-18,32H,11-15,19H2,1H3,(H,35,36). The number of fused-ring (bicyclic) bond motifs is 2. The summed E-state index contributed by atoms with van der Waals surface area (Å²) >= 11 is 1.69. The molecule has 3 aromatic carbocycles. The molecule has 1 fully saturated rings. The van der Waals surface area contributed by atoms with E-state index in [1.807, 2.05) is 42.5 Å². The largest absolute Gasteiger partial charge is 0.497 e. The molecular formula is C31H29N3O5S. The molecule has 204 valence electrons. The maximum atomic E-state index is 11.1. The highest BCUT2D eigenvalue weighted by atomic mass is 32.2. The second kappa shape index (κ2) is 11.5. The highest BCUT2D eigenvalue weighted by molar-refractivity contribution is 7.99. The van der Waals surface area contributed by atoms with Gasteiger partial charge in [-0.15, -0.1) is 0 Å². The molecule has 8 nitrogen and oxygen atoms in total. The smallest absolute Gasteiger partial charge is 0.409 e. The summed E-state index contributed by atoms with van der Waals surface area (Å²) in [5.41, 5.74) is 6.84. The third kappa shape index (κ3) is 5.71. The topological polar surface area (TPSA) is 93.2 Å². The number of nitrogens with one attached hydrogen (secondary N) is 1. The third-order valence-electron chi connectivity index (χ3n) is 6.99. The van der Waals surface area contributed by atoms with Gasteiger partial charge in [-0.25, -0.2) is 9.78 Å². The number of ether oxygens (including phenoxy) is 3. The number of carboxylic acid groups (broad SMARTS) is 1. The van der Waals surface area contributed by atoms with Gasteiger partial charge in [0.05, 0.1) is 26.0 Å². The Morgan fingerprint density at radius 3 is 2.65 bits per heavy atom. The van der Waals surface area contributed by atoms with Gasteiger partial charge >= 0.3 is 6.09 Å². The molecule has 6 rings (SSSR count). The lowest BCUT2D eigenvalue weighted by atomic mass is 9.99. The summed E-state index contributed by atoms with van der Waals surface area (Å²) < 4.78 is 17.1. The molecule has 2 aliphatic rings. The molecular weight excluding hydrogens is 526 g/mol. The SMILES string of the molecule is COc1ccc(COc2cc(N3CCOCC3)cc(-c3cccc4c3Sc3ccc(NC(=O)O)cc3C4)n2)cc1. The monoisotopic (exact) mass is 555 g/mol. The molecule has 40 heavy (non-hydrogen) atoms. The Hall–Kier alpha value is -4.21. The average molecular weight is 556 g/mol. The number of carbonyl (C=O) groups is 1. The van der Waals surface area contributed by atoms with Crippen LogP contribution in [0, 0.1) is 0 Å². The number of benzene rings is 3. The Balaban J connectivity index is 1.33. The molecule has 3 heterocycles. The number of morpholine rings is 1. The quantitative estimate of drug-likeness (QED) is 0.241. The van der Waals surface area contributed by atoms with Crippen LogP contribution in [-0.4, -0.2) is 49.6 Å². The maximum Gasteiger partial charge on any atom is 0.409 e. The van der Waals surface area contributed by atoms with Crippen molar-refractivity contribution in [2.24, 2.45) is 0 Å². The van der Waals surface area contributed by atoms with Crippen LogP contribution in [0.5, 0.6) is 11.6 Å². The van der Waals surface area contributed by atoms with E-state index in [4.69, 9.17) is 24.3 Å². The molecule has 0 unspecified atom stereocenters. The van der Waals surface area contributed by atoms with E-state index in [1.54, 1.807) is 24.9 Å². The van der Waals surface area contributed by atoms with Gasteiger partial charge in [-0.05, 0) is 59.5 Å². The predicted molar refractivity (Wildman–Crippen MR) is 155 cm³/mol. The molecule has 0 bridgehead atoms. The fourth-order valence-corrected chi connectivity index (χ4v) is 6.14. The van der Waals surface area contributed by atoms with Crippen LogP contribution in [0.2, 0.25) is 0 Å². The molecule has 0 radical (unpaired) electrons. The minimum Gasteiger partial charge on any atom is -0.497 e. The van der Waals surface area contributed by atoms with Gasteiger partial charge < -0.3 is 24.2 Å². The van der Waals surface area contributed by atoms with Crippen LogP contribution in [0.3, 0.4) is 0 Å². The number of hydrogen-bond donors (Lipinski definition) is 2. The van der Waals surface area contributed by atoms with E-state index in [2.05, 4.69) is 34.5 Å². The minimum absolute atomic E-state index is 0.394. The van der Waals surface area contributed by atoms with Gasteiger partial charge in [-0.3, -0.25) is 5.32 Å². The Morgan fingerprint density at radius 2 is 1.88 bits per heavy atom. The summed E-state index contributed by atoms with van der Waals surface area (Å²) in [4.78, 5) is 20.6. The van der Waals surface area contributed by atoms with Crippen LogP contribution in [0.15, 0.2) is 82.6 Å². The highest BCUT2D eigenvalue weighted by Gasteiger charge is 2.22. The minimum atomic E-state index is -1.07. The summed E-state index contributed by atoms with van der Waals surface area (Å²) in [6.07, 6.45) is -0.354. The number of nitrogens with zero attached hydrogens (tertiary/aromatic N) is 2. The summed E-state index contributed by atoms with van der Waals surface area (Å²) in [6.45, 7) is 3.38. The van der Waals surface area contributed by atoms with Crippen molar-refractivity contribution in [3.8, 4) is 22.9 Å². The first-order valence-electron chi connectivity index (χ1n) is 13.1. The molecule has 0 spiro atoms. The molecule has 4 aromatic rings. The first kappa shape index (κ1) is 26.0. The van der Waals surface area contributed by atoms with Crippen LogP contribution in [-0.2, 0) is 17.8 Å². The van der Waals surface area contributed by atoms with Crippen LogP contribution < -0.4 is 19.7 Å². The van der Waals surface area contributed by atoms with E-state index in [0.717, 1.165) is 56.7 Å². The molecule has 2 N–H and O–H groups in total. The van der Waals surface area contributed by atoms with Crippen molar-refractivity contribution in [1.29, 1.82) is 0 Å². The first-order chi connectivity index (χ1) is 19.6. The molecule has 0 aliphatic carbocycles. The molecule has 0 saturated carbocycles. The molecule has 1 aromatic heterocycles. The van der Waals surface area contributed by atoms with E-state index < -0.39 is 6.09 Å². The Bertz CT molecular complexity index is 1540. The lowest BCUT2D eigenvalue weighted by Crippen LogP contribution is -2.36. The van der Waals surface area contributed by atoms with E-state index in [1.165, 1.54) is 5.56 Å². The van der Waals surface area contributed by atoms with Gasteiger partial charge in [0, 0.05) is 45.9 Å². The van der Waals surface area contributed by atoms with Crippen LogP contribution in [0.25, 0.3) is 11.3 Å². The van der Waals surface area contributed by atoms with Gasteiger partial charge in [0.1, 0.15) is 12.4 Å². The summed E-state index contributed by atoms with van der Waals surface area (Å²) in [7, 11) is 1.65. The van der Waals surface area contributed by atoms with Crippen molar-refractivity contribution in [2.75, 3.05) is 43.6 Å². The van der Waals surface area contributed by atoms with E-state index in [-0.39, 0.29) is 0 Å². The zero-order valence-corrected chi connectivity index (χ0v) is 22.9. The predicted octanol–water partition coefficient (Wildman–Crippen LogP) is 6.32. The van der Waals surface area contributed by atoms with Crippen molar-refractivity contribution in [2.45, 2.75) is 22.8 Å². The number of hydrogen-bond acceptors (Lipinski definition) is 7. The molecule has 1 saturated heterocycles. The number of aromatic nitrogens is 1. The maximum absolute atomic E-state index is 11.1. The fourth-order valence-electron chi connectivity index (χ4n) is 4.97. The molecule has 2 aliphatic heterocycles. The van der Waals surface area contributed by atoms with Crippen molar-refractivity contribution < 1.29 is 24.1 Å². The van der Waals surface area contributed by atoms with Crippen LogP contribution >= 0.6 is 11.8 Å². The fraction of sp³-hybridized carbons (Fsp3) is 0.226. The Kier molecular flexibility index (Phi) is 7.48. The number of methoxy groups -OCH3 is 1. The van der Waals surface area contributed by atoms with E-state index in [9.17, 15) is 4.79 Å². The summed E-state index contributed by atoms with van der Waals surface area (Å²) in [5.74, 6) is 1.37. The summed E-state index contributed by atoms with van der Waals surface area (Å²) in [6, 6.07) is 24.0. The van der Waals surface area contributed by atoms with Gasteiger partial charge in [0.2, 0.25) is 5.88 Å². The van der Waals surface area contributed by atoms with Crippen molar-refractivity contribution >= 4 is 29.2 Å². The van der Waals surface area contributed by atoms with Gasteiger partial charge in [-0.1, -0.05) is 42.1 Å². The lowest BCUT2D eigenvalue weighted by Gasteiger charge is -2.29. The summed E-state index contributed by atoms with van der Waals surface area (Å²) in [5, 5.41) is 11.6. The van der Waals surface area contributed by atoms with Gasteiger partial charge in [-0.2, -0.15) is 0 Å². The zero-order valence-electron chi connectivity index (χ0n) is 22.1.